The van der Waals surface area contributed by atoms with Gasteiger partial charge in [0.15, 0.2) is 0 Å². The molecule has 1 amide bonds. The van der Waals surface area contributed by atoms with E-state index in [1.54, 1.807) is 0 Å². The molecule has 0 aromatic heterocycles. The van der Waals surface area contributed by atoms with E-state index < -0.39 is 0 Å². The molecule has 8 atom stereocenters. The number of carbonyl (C=O) groups is 1. The number of carbonyl (C=O) groups excluding carboxylic acids is 1. The van der Waals surface area contributed by atoms with Gasteiger partial charge in [-0.2, -0.15) is 0 Å². The van der Waals surface area contributed by atoms with E-state index in [1.165, 1.54) is 50.6 Å². The van der Waals surface area contributed by atoms with Gasteiger partial charge in [0, 0.05) is 17.5 Å². The van der Waals surface area contributed by atoms with Gasteiger partial charge < -0.3 is 5.32 Å². The zero-order valence-electron chi connectivity index (χ0n) is 20.8. The monoisotopic (exact) mass is 413 g/mol. The number of fused-ring (bicyclic) bond motifs is 5. The minimum atomic E-state index is 0.194. The van der Waals surface area contributed by atoms with E-state index in [4.69, 9.17) is 0 Å². The third kappa shape index (κ3) is 3.49. The number of rotatable bonds is 5. The minimum absolute atomic E-state index is 0.194. The van der Waals surface area contributed by atoms with Crippen LogP contribution in [0.1, 0.15) is 106 Å². The first kappa shape index (κ1) is 22.4. The molecule has 0 radical (unpaired) electrons. The number of allylic oxidation sites excluding steroid dienone is 2. The molecule has 1 aliphatic heterocycles. The maximum Gasteiger partial charge on any atom is 0.224 e. The van der Waals surface area contributed by atoms with Crippen molar-refractivity contribution in [1.82, 2.24) is 5.32 Å². The van der Waals surface area contributed by atoms with Crippen molar-refractivity contribution in [3.05, 3.63) is 11.8 Å². The highest BCUT2D eigenvalue weighted by molar-refractivity contribution is 5.79. The zero-order chi connectivity index (χ0) is 21.9. The maximum absolute atomic E-state index is 12.1. The first-order chi connectivity index (χ1) is 14.0. The third-order valence-electron chi connectivity index (χ3n) is 10.5. The second kappa shape index (κ2) is 7.66. The molecule has 1 saturated heterocycles. The molecule has 2 nitrogen and oxygen atoms in total. The summed E-state index contributed by atoms with van der Waals surface area (Å²) in [6, 6.07) is 0. The summed E-state index contributed by atoms with van der Waals surface area (Å²) >= 11 is 0. The predicted molar refractivity (Wildman–Crippen MR) is 126 cm³/mol. The third-order valence-corrected chi connectivity index (χ3v) is 10.5. The molecule has 3 fully saturated rings. The van der Waals surface area contributed by atoms with Crippen molar-refractivity contribution in [2.45, 2.75) is 106 Å². The van der Waals surface area contributed by atoms with Crippen LogP contribution >= 0.6 is 0 Å². The van der Waals surface area contributed by atoms with Crippen LogP contribution in [0.15, 0.2) is 11.8 Å². The van der Waals surface area contributed by atoms with Crippen molar-refractivity contribution >= 4 is 5.91 Å². The Hall–Kier alpha value is -0.790. The summed E-state index contributed by atoms with van der Waals surface area (Å²) in [5.74, 6) is 4.94. The molecule has 5 unspecified atom stereocenters. The lowest BCUT2D eigenvalue weighted by Crippen LogP contribution is -2.55. The Bertz CT molecular complexity index is 707. The van der Waals surface area contributed by atoms with Gasteiger partial charge in [-0.25, -0.2) is 0 Å². The number of nitrogens with one attached hydrogen (secondary N) is 1. The van der Waals surface area contributed by atoms with E-state index in [0.29, 0.717) is 23.2 Å². The summed E-state index contributed by atoms with van der Waals surface area (Å²) in [4.78, 5) is 12.1. The van der Waals surface area contributed by atoms with Gasteiger partial charge in [0.2, 0.25) is 5.91 Å². The van der Waals surface area contributed by atoms with Crippen LogP contribution in [-0.4, -0.2) is 5.91 Å². The quantitative estimate of drug-likeness (QED) is 0.501. The smallest absolute Gasteiger partial charge is 0.224 e. The number of hydrogen-bond donors (Lipinski definition) is 1. The van der Waals surface area contributed by atoms with E-state index >= 15 is 0 Å². The fourth-order valence-corrected chi connectivity index (χ4v) is 9.29. The number of hydrogen-bond acceptors (Lipinski definition) is 1. The Morgan fingerprint density at radius 2 is 1.90 bits per heavy atom. The molecule has 1 N–H and O–H groups in total. The Labute approximate surface area is 186 Å². The fourth-order valence-electron chi connectivity index (χ4n) is 9.29. The van der Waals surface area contributed by atoms with E-state index in [1.807, 2.05) is 0 Å². The number of piperidine rings is 1. The molecule has 1 heterocycles. The van der Waals surface area contributed by atoms with E-state index in [0.717, 1.165) is 36.0 Å². The zero-order valence-corrected chi connectivity index (χ0v) is 20.8. The first-order valence-electron chi connectivity index (χ1n) is 13.0. The Morgan fingerprint density at radius 3 is 2.60 bits per heavy atom. The SMILES string of the molecule is CCCC(C)(C)CC(C)C1CCC2C3C(CC[C@]12C)[C@@]1(C)CCC(=O)NC1=C[C@@H]3C. The molecular weight excluding hydrogens is 366 g/mol. The highest BCUT2D eigenvalue weighted by atomic mass is 16.1. The highest BCUT2D eigenvalue weighted by Gasteiger charge is 2.60. The molecule has 0 bridgehead atoms. The lowest BCUT2D eigenvalue weighted by molar-refractivity contribution is -0.126. The molecule has 2 heteroatoms. The van der Waals surface area contributed by atoms with Gasteiger partial charge in [0.05, 0.1) is 0 Å². The van der Waals surface area contributed by atoms with Crippen LogP contribution in [0.4, 0.5) is 0 Å². The molecule has 4 aliphatic rings. The maximum atomic E-state index is 12.1. The van der Waals surface area contributed by atoms with Crippen molar-refractivity contribution in [2.75, 3.05) is 0 Å². The lowest BCUT2D eigenvalue weighted by Gasteiger charge is -2.59. The molecule has 4 rings (SSSR count). The van der Waals surface area contributed by atoms with Crippen molar-refractivity contribution in [3.8, 4) is 0 Å². The Morgan fingerprint density at radius 1 is 1.17 bits per heavy atom. The van der Waals surface area contributed by atoms with Crippen LogP contribution in [0.5, 0.6) is 0 Å². The molecule has 0 aromatic carbocycles. The number of amides is 1. The van der Waals surface area contributed by atoms with Gasteiger partial charge in [0.1, 0.15) is 0 Å². The van der Waals surface area contributed by atoms with E-state index in [9.17, 15) is 4.79 Å². The lowest BCUT2D eigenvalue weighted by atomic mass is 9.46. The average molecular weight is 414 g/mol. The summed E-state index contributed by atoms with van der Waals surface area (Å²) in [5, 5.41) is 3.28. The first-order valence-corrected chi connectivity index (χ1v) is 13.0. The van der Waals surface area contributed by atoms with Gasteiger partial charge >= 0.3 is 0 Å². The topological polar surface area (TPSA) is 29.1 Å². The van der Waals surface area contributed by atoms with Crippen LogP contribution < -0.4 is 5.32 Å². The summed E-state index contributed by atoms with van der Waals surface area (Å²) in [6.45, 7) is 17.5. The molecular formula is C28H47NO. The van der Waals surface area contributed by atoms with Gasteiger partial charge in [-0.3, -0.25) is 4.79 Å². The predicted octanol–water partition coefficient (Wildman–Crippen LogP) is 7.35. The molecule has 0 spiro atoms. The molecule has 170 valence electrons. The van der Waals surface area contributed by atoms with Crippen molar-refractivity contribution < 1.29 is 4.79 Å². The van der Waals surface area contributed by atoms with Crippen LogP contribution in [0.2, 0.25) is 0 Å². The molecule has 30 heavy (non-hydrogen) atoms. The Kier molecular flexibility index (Phi) is 5.72. The average Bonchev–Trinajstić information content (AvgIpc) is 3.00. The van der Waals surface area contributed by atoms with Gasteiger partial charge in [-0.05, 0) is 91.3 Å². The van der Waals surface area contributed by atoms with Gasteiger partial charge in [-0.1, -0.05) is 61.0 Å². The van der Waals surface area contributed by atoms with Crippen LogP contribution in [0, 0.1) is 51.8 Å². The van der Waals surface area contributed by atoms with Gasteiger partial charge in [0.25, 0.3) is 0 Å². The summed E-state index contributed by atoms with van der Waals surface area (Å²) in [6.07, 6.45) is 13.9. The molecule has 3 aliphatic carbocycles. The van der Waals surface area contributed by atoms with E-state index in [-0.39, 0.29) is 11.3 Å². The van der Waals surface area contributed by atoms with Crippen molar-refractivity contribution in [1.29, 1.82) is 0 Å². The second-order valence-corrected chi connectivity index (χ2v) is 13.0. The second-order valence-electron chi connectivity index (χ2n) is 13.0. The van der Waals surface area contributed by atoms with Crippen LogP contribution in [-0.2, 0) is 4.79 Å². The van der Waals surface area contributed by atoms with Gasteiger partial charge in [-0.15, -0.1) is 0 Å². The summed E-state index contributed by atoms with van der Waals surface area (Å²) in [7, 11) is 0. The van der Waals surface area contributed by atoms with Crippen molar-refractivity contribution in [3.63, 3.8) is 0 Å². The largest absolute Gasteiger partial charge is 0.330 e. The standard InChI is InChI=1S/C28H47NO/c1-8-13-26(4,5)17-19(3)20-9-10-21-25-18(2)16-23-28(7,15-12-24(30)29-23)22(25)11-14-27(20,21)6/h16,18-22,25H,8-15,17H2,1-7H3,(H,29,30)/t18-,19?,20?,21?,22?,25?,27+,28+/m0/s1. The minimum Gasteiger partial charge on any atom is -0.330 e. The molecule has 2 saturated carbocycles. The highest BCUT2D eigenvalue weighted by Crippen LogP contribution is 2.67. The van der Waals surface area contributed by atoms with Crippen molar-refractivity contribution in [2.24, 2.45) is 51.8 Å². The molecule has 0 aromatic rings. The summed E-state index contributed by atoms with van der Waals surface area (Å²) < 4.78 is 0. The normalized spacial score (nSPS) is 44.4. The van der Waals surface area contributed by atoms with E-state index in [2.05, 4.69) is 59.9 Å². The summed E-state index contributed by atoms with van der Waals surface area (Å²) in [5.41, 5.74) is 2.44. The Balaban J connectivity index is 1.58. The van der Waals surface area contributed by atoms with Crippen LogP contribution in [0.3, 0.4) is 0 Å². The fraction of sp³-hybridized carbons (Fsp3) is 0.893. The van der Waals surface area contributed by atoms with Crippen LogP contribution in [0.25, 0.3) is 0 Å².